The first kappa shape index (κ1) is 16.7. The average molecular weight is 309 g/mol. The summed E-state index contributed by atoms with van der Waals surface area (Å²) < 4.78 is 18.4. The Kier molecular flexibility index (Phi) is 6.15. The van der Waals surface area contributed by atoms with E-state index in [1.54, 1.807) is 12.1 Å². The van der Waals surface area contributed by atoms with Crippen molar-refractivity contribution < 1.29 is 13.9 Å². The molecule has 1 unspecified atom stereocenters. The van der Waals surface area contributed by atoms with E-state index in [9.17, 15) is 9.18 Å². The summed E-state index contributed by atoms with van der Waals surface area (Å²) in [6, 6.07) is 6.36. The molecule has 1 N–H and O–H groups in total. The fourth-order valence-corrected chi connectivity index (χ4v) is 2.57. The normalized spacial score (nSPS) is 19.9. The van der Waals surface area contributed by atoms with Crippen molar-refractivity contribution in [2.24, 2.45) is 0 Å². The molecule has 5 nitrogen and oxygen atoms in total. The number of halogens is 1. The van der Waals surface area contributed by atoms with Crippen LogP contribution in [0, 0.1) is 5.82 Å². The zero-order valence-corrected chi connectivity index (χ0v) is 13.2. The summed E-state index contributed by atoms with van der Waals surface area (Å²) in [5, 5.41) is 2.83. The van der Waals surface area contributed by atoms with Gasteiger partial charge in [-0.15, -0.1) is 0 Å². The maximum absolute atomic E-state index is 13.0. The number of nitrogens with one attached hydrogen (secondary N) is 1. The minimum absolute atomic E-state index is 0.000699. The average Bonchev–Trinajstić information content (AvgIpc) is 2.47. The Morgan fingerprint density at radius 1 is 1.45 bits per heavy atom. The lowest BCUT2D eigenvalue weighted by molar-refractivity contribution is -0.123. The van der Waals surface area contributed by atoms with Crippen LogP contribution in [0.5, 0.6) is 5.75 Å². The predicted molar refractivity (Wildman–Crippen MR) is 83.4 cm³/mol. The Labute approximate surface area is 131 Å². The summed E-state index contributed by atoms with van der Waals surface area (Å²) >= 11 is 0. The highest BCUT2D eigenvalue weighted by atomic mass is 19.1. The van der Waals surface area contributed by atoms with E-state index in [0.29, 0.717) is 31.5 Å². The zero-order valence-electron chi connectivity index (χ0n) is 13.2. The number of nitrogens with zero attached hydrogens (tertiary/aromatic N) is 2. The first-order valence-corrected chi connectivity index (χ1v) is 7.62. The molecule has 1 aliphatic rings. The Balaban J connectivity index is 1.63. The lowest BCUT2D eigenvalue weighted by Crippen LogP contribution is -2.53. The number of carbonyl (C=O) groups excluding carboxylic acids is 1. The van der Waals surface area contributed by atoms with E-state index in [-0.39, 0.29) is 11.7 Å². The standard InChI is InChI=1S/C16H24FN3O2/c1-13-11-19(2)7-8-20(13)12-16(21)18-6-9-22-15-5-3-4-14(17)10-15/h3-5,10,13H,6-9,11-12H2,1-2H3,(H,18,21). The molecule has 1 atom stereocenters. The summed E-state index contributed by atoms with van der Waals surface area (Å²) in [5.74, 6) is 0.145. The Bertz CT molecular complexity index is 498. The number of benzene rings is 1. The van der Waals surface area contributed by atoms with Crippen molar-refractivity contribution in [1.29, 1.82) is 0 Å². The molecule has 0 bridgehead atoms. The van der Waals surface area contributed by atoms with Gasteiger partial charge in [-0.25, -0.2) is 4.39 Å². The Hall–Kier alpha value is -1.66. The van der Waals surface area contributed by atoms with Crippen molar-refractivity contribution in [1.82, 2.24) is 15.1 Å². The Morgan fingerprint density at radius 2 is 2.27 bits per heavy atom. The highest BCUT2D eigenvalue weighted by Gasteiger charge is 2.22. The predicted octanol–water partition coefficient (Wildman–Crippen LogP) is 0.957. The van der Waals surface area contributed by atoms with Gasteiger partial charge in [-0.2, -0.15) is 0 Å². The van der Waals surface area contributed by atoms with E-state index in [0.717, 1.165) is 19.6 Å². The van der Waals surface area contributed by atoms with Gasteiger partial charge in [0.2, 0.25) is 5.91 Å². The zero-order chi connectivity index (χ0) is 15.9. The molecular weight excluding hydrogens is 285 g/mol. The third-order valence-corrected chi connectivity index (χ3v) is 3.80. The van der Waals surface area contributed by atoms with Crippen LogP contribution < -0.4 is 10.1 Å². The molecule has 1 amide bonds. The molecule has 0 saturated carbocycles. The number of hydrogen-bond donors (Lipinski definition) is 1. The molecule has 2 rings (SSSR count). The molecule has 1 fully saturated rings. The van der Waals surface area contributed by atoms with E-state index in [1.807, 2.05) is 0 Å². The summed E-state index contributed by atoms with van der Waals surface area (Å²) in [7, 11) is 2.09. The third-order valence-electron chi connectivity index (χ3n) is 3.80. The van der Waals surface area contributed by atoms with Gasteiger partial charge < -0.3 is 15.0 Å². The molecular formula is C16H24FN3O2. The first-order chi connectivity index (χ1) is 10.5. The van der Waals surface area contributed by atoms with Gasteiger partial charge in [0, 0.05) is 31.7 Å². The lowest BCUT2D eigenvalue weighted by Gasteiger charge is -2.37. The molecule has 6 heteroatoms. The number of amides is 1. The molecule has 1 aliphatic heterocycles. The number of likely N-dealkylation sites (N-methyl/N-ethyl adjacent to an activating group) is 1. The van der Waals surface area contributed by atoms with Gasteiger partial charge in [-0.3, -0.25) is 9.69 Å². The maximum atomic E-state index is 13.0. The van der Waals surface area contributed by atoms with Gasteiger partial charge in [0.15, 0.2) is 0 Å². The van der Waals surface area contributed by atoms with Crippen LogP contribution in [0.25, 0.3) is 0 Å². The van der Waals surface area contributed by atoms with Crippen LogP contribution >= 0.6 is 0 Å². The molecule has 0 spiro atoms. The smallest absolute Gasteiger partial charge is 0.234 e. The van der Waals surface area contributed by atoms with Gasteiger partial charge in [-0.05, 0) is 26.1 Å². The number of ether oxygens (including phenoxy) is 1. The summed E-state index contributed by atoms with van der Waals surface area (Å²) in [6.45, 7) is 6.16. The fraction of sp³-hybridized carbons (Fsp3) is 0.562. The van der Waals surface area contributed by atoms with Crippen LogP contribution in [-0.4, -0.2) is 68.1 Å². The van der Waals surface area contributed by atoms with E-state index in [4.69, 9.17) is 4.74 Å². The van der Waals surface area contributed by atoms with Crippen molar-refractivity contribution in [2.45, 2.75) is 13.0 Å². The highest BCUT2D eigenvalue weighted by molar-refractivity contribution is 5.78. The Morgan fingerprint density at radius 3 is 3.00 bits per heavy atom. The van der Waals surface area contributed by atoms with Crippen LogP contribution in [0.1, 0.15) is 6.92 Å². The van der Waals surface area contributed by atoms with Crippen molar-refractivity contribution in [2.75, 3.05) is 46.4 Å². The molecule has 0 radical (unpaired) electrons. The van der Waals surface area contributed by atoms with Gasteiger partial charge in [-0.1, -0.05) is 6.07 Å². The second-order valence-electron chi connectivity index (χ2n) is 5.74. The molecule has 1 heterocycles. The molecule has 0 aromatic heterocycles. The SMILES string of the molecule is CC1CN(C)CCN1CC(=O)NCCOc1cccc(F)c1. The van der Waals surface area contributed by atoms with Gasteiger partial charge in [0.05, 0.1) is 13.1 Å². The monoisotopic (exact) mass is 309 g/mol. The number of carbonyl (C=O) groups is 1. The van der Waals surface area contributed by atoms with E-state index < -0.39 is 0 Å². The van der Waals surface area contributed by atoms with E-state index in [1.165, 1.54) is 12.1 Å². The summed E-state index contributed by atoms with van der Waals surface area (Å²) in [6.07, 6.45) is 0. The van der Waals surface area contributed by atoms with E-state index in [2.05, 4.69) is 29.1 Å². The first-order valence-electron chi connectivity index (χ1n) is 7.62. The van der Waals surface area contributed by atoms with Gasteiger partial charge >= 0.3 is 0 Å². The minimum atomic E-state index is -0.328. The van der Waals surface area contributed by atoms with Crippen LogP contribution in [0.15, 0.2) is 24.3 Å². The number of hydrogen-bond acceptors (Lipinski definition) is 4. The van der Waals surface area contributed by atoms with Crippen LogP contribution in [0.3, 0.4) is 0 Å². The second-order valence-corrected chi connectivity index (χ2v) is 5.74. The molecule has 1 aromatic rings. The van der Waals surface area contributed by atoms with Crippen molar-refractivity contribution in [3.05, 3.63) is 30.1 Å². The largest absolute Gasteiger partial charge is 0.492 e. The quantitative estimate of drug-likeness (QED) is 0.795. The number of rotatable bonds is 6. The molecule has 122 valence electrons. The van der Waals surface area contributed by atoms with Crippen molar-refractivity contribution in [3.63, 3.8) is 0 Å². The van der Waals surface area contributed by atoms with Crippen LogP contribution in [0.2, 0.25) is 0 Å². The number of piperazine rings is 1. The van der Waals surface area contributed by atoms with Gasteiger partial charge in [0.25, 0.3) is 0 Å². The van der Waals surface area contributed by atoms with Crippen molar-refractivity contribution in [3.8, 4) is 5.75 Å². The van der Waals surface area contributed by atoms with Crippen molar-refractivity contribution >= 4 is 5.91 Å². The molecule has 0 aliphatic carbocycles. The molecule has 1 aromatic carbocycles. The maximum Gasteiger partial charge on any atom is 0.234 e. The lowest BCUT2D eigenvalue weighted by atomic mass is 10.2. The second kappa shape index (κ2) is 8.10. The summed E-state index contributed by atoms with van der Waals surface area (Å²) in [5.41, 5.74) is 0. The highest BCUT2D eigenvalue weighted by Crippen LogP contribution is 2.11. The summed E-state index contributed by atoms with van der Waals surface area (Å²) in [4.78, 5) is 16.4. The fourth-order valence-electron chi connectivity index (χ4n) is 2.57. The molecule has 22 heavy (non-hydrogen) atoms. The van der Waals surface area contributed by atoms with Crippen LogP contribution in [-0.2, 0) is 4.79 Å². The van der Waals surface area contributed by atoms with Crippen LogP contribution in [0.4, 0.5) is 4.39 Å². The minimum Gasteiger partial charge on any atom is -0.492 e. The van der Waals surface area contributed by atoms with Gasteiger partial charge in [0.1, 0.15) is 18.2 Å². The molecule has 1 saturated heterocycles. The topological polar surface area (TPSA) is 44.8 Å². The van der Waals surface area contributed by atoms with E-state index >= 15 is 0 Å². The third kappa shape index (κ3) is 5.27.